The lowest BCUT2D eigenvalue weighted by Crippen LogP contribution is -2.32. The molecule has 2 aromatic carbocycles. The molecule has 8 heteroatoms. The Morgan fingerprint density at radius 1 is 1.20 bits per heavy atom. The molecule has 1 atom stereocenters. The summed E-state index contributed by atoms with van der Waals surface area (Å²) in [7, 11) is 3.16. The van der Waals surface area contributed by atoms with E-state index < -0.39 is 0 Å². The summed E-state index contributed by atoms with van der Waals surface area (Å²) >= 11 is 6.22. The van der Waals surface area contributed by atoms with Crippen molar-refractivity contribution in [3.63, 3.8) is 0 Å². The molecule has 0 aliphatic carbocycles. The van der Waals surface area contributed by atoms with E-state index in [0.29, 0.717) is 34.8 Å². The van der Waals surface area contributed by atoms with Gasteiger partial charge in [-0.2, -0.15) is 4.98 Å². The summed E-state index contributed by atoms with van der Waals surface area (Å²) in [6, 6.07) is 12.6. The Hall–Kier alpha value is -3.06. The third-order valence-electron chi connectivity index (χ3n) is 5.24. The van der Waals surface area contributed by atoms with E-state index in [-0.39, 0.29) is 18.4 Å². The molecule has 1 unspecified atom stereocenters. The Morgan fingerprint density at radius 2 is 2.00 bits per heavy atom. The highest BCUT2D eigenvalue weighted by molar-refractivity contribution is 6.31. The van der Waals surface area contributed by atoms with E-state index >= 15 is 0 Å². The van der Waals surface area contributed by atoms with E-state index in [1.807, 2.05) is 24.3 Å². The number of halogens is 1. The molecule has 0 spiro atoms. The standard InChI is InChI=1S/C22H22ClN3O4/c1-28-18-10-9-15(12-19(18)29-2)21-24-22(30-25-21)17-8-5-11-26(17)20(27)13-14-6-3-4-7-16(14)23/h3-4,6-7,9-10,12,17H,5,8,11,13H2,1-2H3. The number of likely N-dealkylation sites (tertiary alicyclic amines) is 1. The van der Waals surface area contributed by atoms with Crippen molar-refractivity contribution in [2.45, 2.75) is 25.3 Å². The predicted octanol–water partition coefficient (Wildman–Crippen LogP) is 4.31. The molecule has 1 aliphatic rings. The van der Waals surface area contributed by atoms with Gasteiger partial charge in [-0.25, -0.2) is 0 Å². The summed E-state index contributed by atoms with van der Waals surface area (Å²) in [6.07, 6.45) is 1.90. The number of methoxy groups -OCH3 is 2. The molecule has 0 bridgehead atoms. The molecule has 1 saturated heterocycles. The number of rotatable bonds is 6. The molecule has 30 heavy (non-hydrogen) atoms. The van der Waals surface area contributed by atoms with Crippen LogP contribution in [0.3, 0.4) is 0 Å². The van der Waals surface area contributed by atoms with Gasteiger partial charge in [-0.3, -0.25) is 4.79 Å². The van der Waals surface area contributed by atoms with Crippen LogP contribution in [0.1, 0.15) is 30.3 Å². The van der Waals surface area contributed by atoms with E-state index in [9.17, 15) is 4.79 Å². The van der Waals surface area contributed by atoms with Crippen molar-refractivity contribution < 1.29 is 18.8 Å². The van der Waals surface area contributed by atoms with Crippen molar-refractivity contribution in [3.8, 4) is 22.9 Å². The number of hydrogen-bond acceptors (Lipinski definition) is 6. The number of aromatic nitrogens is 2. The van der Waals surface area contributed by atoms with Crippen LogP contribution in [0.25, 0.3) is 11.4 Å². The van der Waals surface area contributed by atoms with Gasteiger partial charge in [0.25, 0.3) is 0 Å². The maximum Gasteiger partial charge on any atom is 0.249 e. The molecule has 3 aromatic rings. The highest BCUT2D eigenvalue weighted by Gasteiger charge is 2.34. The highest BCUT2D eigenvalue weighted by atomic mass is 35.5. The zero-order valence-corrected chi connectivity index (χ0v) is 17.6. The Balaban J connectivity index is 1.54. The number of ether oxygens (including phenoxy) is 2. The molecular weight excluding hydrogens is 406 g/mol. The van der Waals surface area contributed by atoms with Crippen LogP contribution in [0.5, 0.6) is 11.5 Å². The zero-order valence-electron chi connectivity index (χ0n) is 16.8. The lowest BCUT2D eigenvalue weighted by atomic mass is 10.1. The van der Waals surface area contributed by atoms with Gasteiger partial charge >= 0.3 is 0 Å². The van der Waals surface area contributed by atoms with Crippen LogP contribution in [-0.4, -0.2) is 41.7 Å². The Morgan fingerprint density at radius 3 is 2.77 bits per heavy atom. The average Bonchev–Trinajstić information content (AvgIpc) is 3.44. The van der Waals surface area contributed by atoms with E-state index in [0.717, 1.165) is 24.0 Å². The smallest absolute Gasteiger partial charge is 0.249 e. The quantitative estimate of drug-likeness (QED) is 0.583. The summed E-state index contributed by atoms with van der Waals surface area (Å²) in [5, 5.41) is 4.70. The number of benzene rings is 2. The van der Waals surface area contributed by atoms with Crippen LogP contribution in [-0.2, 0) is 11.2 Å². The van der Waals surface area contributed by atoms with E-state index in [1.165, 1.54) is 0 Å². The monoisotopic (exact) mass is 427 g/mol. The van der Waals surface area contributed by atoms with E-state index in [2.05, 4.69) is 10.1 Å². The molecule has 4 rings (SSSR count). The van der Waals surface area contributed by atoms with Crippen LogP contribution in [0.15, 0.2) is 47.0 Å². The van der Waals surface area contributed by atoms with Gasteiger partial charge in [-0.1, -0.05) is 35.0 Å². The fourth-order valence-corrected chi connectivity index (χ4v) is 3.89. The number of amides is 1. The molecule has 0 saturated carbocycles. The molecule has 2 heterocycles. The molecule has 1 fully saturated rings. The van der Waals surface area contributed by atoms with Gasteiger partial charge in [0.05, 0.1) is 20.6 Å². The number of carbonyl (C=O) groups is 1. The summed E-state index contributed by atoms with van der Waals surface area (Å²) in [5.41, 5.74) is 1.56. The van der Waals surface area contributed by atoms with Crippen molar-refractivity contribution >= 4 is 17.5 Å². The Labute approximate surface area is 179 Å². The molecule has 1 aliphatic heterocycles. The average molecular weight is 428 g/mol. The molecule has 1 amide bonds. The molecule has 0 radical (unpaired) electrons. The SMILES string of the molecule is COc1ccc(-c2noc(C3CCCN3C(=O)Cc3ccccc3Cl)n2)cc1OC. The van der Waals surface area contributed by atoms with Crippen LogP contribution in [0.4, 0.5) is 0 Å². The van der Waals surface area contributed by atoms with Gasteiger partial charge in [0.15, 0.2) is 11.5 Å². The van der Waals surface area contributed by atoms with Gasteiger partial charge in [0.2, 0.25) is 17.6 Å². The first-order valence-corrected chi connectivity index (χ1v) is 10.1. The lowest BCUT2D eigenvalue weighted by molar-refractivity contribution is -0.131. The van der Waals surface area contributed by atoms with Crippen molar-refractivity contribution in [2.75, 3.05) is 20.8 Å². The fraction of sp³-hybridized carbons (Fsp3) is 0.318. The van der Waals surface area contributed by atoms with Crippen LogP contribution >= 0.6 is 11.6 Å². The minimum atomic E-state index is -0.235. The van der Waals surface area contributed by atoms with Crippen molar-refractivity contribution in [2.24, 2.45) is 0 Å². The fourth-order valence-electron chi connectivity index (χ4n) is 3.69. The topological polar surface area (TPSA) is 77.7 Å². The molecule has 156 valence electrons. The van der Waals surface area contributed by atoms with Crippen LogP contribution < -0.4 is 9.47 Å². The lowest BCUT2D eigenvalue weighted by Gasteiger charge is -2.22. The molecular formula is C22H22ClN3O4. The number of hydrogen-bond donors (Lipinski definition) is 0. The summed E-state index contributed by atoms with van der Waals surface area (Å²) in [6.45, 7) is 0.655. The largest absolute Gasteiger partial charge is 0.493 e. The van der Waals surface area contributed by atoms with Crippen molar-refractivity contribution in [1.29, 1.82) is 0 Å². The first kappa shape index (κ1) is 20.2. The summed E-state index contributed by atoms with van der Waals surface area (Å²) in [4.78, 5) is 19.3. The van der Waals surface area contributed by atoms with Crippen LogP contribution in [0, 0.1) is 0 Å². The van der Waals surface area contributed by atoms with Crippen LogP contribution in [0.2, 0.25) is 5.02 Å². The molecule has 7 nitrogen and oxygen atoms in total. The summed E-state index contributed by atoms with van der Waals surface area (Å²) in [5.74, 6) is 2.08. The van der Waals surface area contributed by atoms with Gasteiger partial charge in [-0.15, -0.1) is 0 Å². The second kappa shape index (κ2) is 8.75. The molecule has 0 N–H and O–H groups in total. The number of carbonyl (C=O) groups excluding carboxylic acids is 1. The third kappa shape index (κ3) is 3.98. The summed E-state index contributed by atoms with van der Waals surface area (Å²) < 4.78 is 16.1. The Bertz CT molecular complexity index is 1050. The van der Waals surface area contributed by atoms with E-state index in [4.69, 9.17) is 25.6 Å². The minimum Gasteiger partial charge on any atom is -0.493 e. The number of nitrogens with zero attached hydrogens (tertiary/aromatic N) is 3. The first-order valence-electron chi connectivity index (χ1n) is 9.69. The minimum absolute atomic E-state index is 0.00327. The predicted molar refractivity (Wildman–Crippen MR) is 112 cm³/mol. The normalized spacial score (nSPS) is 16.0. The van der Waals surface area contributed by atoms with E-state index in [1.54, 1.807) is 37.3 Å². The maximum atomic E-state index is 12.9. The zero-order chi connectivity index (χ0) is 21.1. The maximum absolute atomic E-state index is 12.9. The van der Waals surface area contributed by atoms with Crippen molar-refractivity contribution in [3.05, 3.63) is 58.9 Å². The first-order chi connectivity index (χ1) is 14.6. The van der Waals surface area contributed by atoms with Gasteiger partial charge in [0.1, 0.15) is 6.04 Å². The highest BCUT2D eigenvalue weighted by Crippen LogP contribution is 2.35. The second-order valence-electron chi connectivity index (χ2n) is 7.04. The Kier molecular flexibility index (Phi) is 5.90. The van der Waals surface area contributed by atoms with Gasteiger partial charge in [0, 0.05) is 17.1 Å². The molecule has 1 aromatic heterocycles. The van der Waals surface area contributed by atoms with Gasteiger partial charge < -0.3 is 18.9 Å². The third-order valence-corrected chi connectivity index (χ3v) is 5.61. The van der Waals surface area contributed by atoms with Crippen molar-refractivity contribution in [1.82, 2.24) is 15.0 Å². The van der Waals surface area contributed by atoms with Gasteiger partial charge in [-0.05, 0) is 42.7 Å². The second-order valence-corrected chi connectivity index (χ2v) is 7.45.